The lowest BCUT2D eigenvalue weighted by atomic mass is 9.75. The Morgan fingerprint density at radius 3 is 2.44 bits per heavy atom. The monoisotopic (exact) mass is 227 g/mol. The van der Waals surface area contributed by atoms with E-state index >= 15 is 0 Å². The number of alkyl halides is 1. The maximum absolute atomic E-state index is 14.4. The van der Waals surface area contributed by atoms with Crippen LogP contribution in [0, 0.1) is 17.8 Å². The fourth-order valence-electron chi connectivity index (χ4n) is 3.45. The normalized spacial score (nSPS) is 38.2. The van der Waals surface area contributed by atoms with Crippen LogP contribution in [-0.4, -0.2) is 19.3 Å². The fourth-order valence-corrected chi connectivity index (χ4v) is 3.45. The molecule has 2 heteroatoms. The zero-order valence-corrected chi connectivity index (χ0v) is 10.6. The van der Waals surface area contributed by atoms with Gasteiger partial charge in [0.1, 0.15) is 6.17 Å². The van der Waals surface area contributed by atoms with Gasteiger partial charge in [-0.25, -0.2) is 4.39 Å². The van der Waals surface area contributed by atoms with Gasteiger partial charge in [-0.05, 0) is 44.1 Å². The molecule has 0 amide bonds. The van der Waals surface area contributed by atoms with Crippen LogP contribution in [0.1, 0.15) is 51.9 Å². The number of rotatable bonds is 3. The van der Waals surface area contributed by atoms with Gasteiger partial charge >= 0.3 is 0 Å². The van der Waals surface area contributed by atoms with E-state index in [-0.39, 0.29) is 0 Å². The lowest BCUT2D eigenvalue weighted by Gasteiger charge is -2.35. The van der Waals surface area contributed by atoms with Crippen LogP contribution in [0.5, 0.6) is 0 Å². The molecule has 1 saturated heterocycles. The van der Waals surface area contributed by atoms with Crippen LogP contribution in [0.15, 0.2) is 0 Å². The molecule has 1 aliphatic heterocycles. The summed E-state index contributed by atoms with van der Waals surface area (Å²) < 4.78 is 14.4. The van der Waals surface area contributed by atoms with Gasteiger partial charge in [0.15, 0.2) is 0 Å². The predicted molar refractivity (Wildman–Crippen MR) is 66.2 cm³/mol. The SMILES string of the molecule is CCC1CCC(C(F)C2CCCNC2)CC1. The Kier molecular flexibility index (Phi) is 4.63. The van der Waals surface area contributed by atoms with Gasteiger partial charge in [-0.3, -0.25) is 0 Å². The molecule has 0 bridgehead atoms. The Labute approximate surface area is 99.2 Å². The molecule has 0 spiro atoms. The predicted octanol–water partition coefficient (Wildman–Crippen LogP) is 3.54. The Morgan fingerprint density at radius 2 is 1.88 bits per heavy atom. The van der Waals surface area contributed by atoms with Gasteiger partial charge in [-0.15, -0.1) is 0 Å². The third kappa shape index (κ3) is 2.97. The van der Waals surface area contributed by atoms with E-state index in [9.17, 15) is 4.39 Å². The zero-order chi connectivity index (χ0) is 11.4. The Balaban J connectivity index is 1.78. The molecular weight excluding hydrogens is 201 g/mol. The number of halogens is 1. The van der Waals surface area contributed by atoms with Crippen molar-refractivity contribution in [1.29, 1.82) is 0 Å². The first-order chi connectivity index (χ1) is 7.81. The van der Waals surface area contributed by atoms with Crippen LogP contribution < -0.4 is 5.32 Å². The highest BCUT2D eigenvalue weighted by molar-refractivity contribution is 4.84. The van der Waals surface area contributed by atoms with Crippen LogP contribution in [0.4, 0.5) is 4.39 Å². The summed E-state index contributed by atoms with van der Waals surface area (Å²) in [7, 11) is 0. The molecule has 16 heavy (non-hydrogen) atoms. The van der Waals surface area contributed by atoms with Crippen molar-refractivity contribution in [2.45, 2.75) is 58.0 Å². The van der Waals surface area contributed by atoms with E-state index in [1.54, 1.807) is 0 Å². The summed E-state index contributed by atoms with van der Waals surface area (Å²) in [6.07, 6.45) is 7.81. The number of hydrogen-bond acceptors (Lipinski definition) is 1. The second-order valence-electron chi connectivity index (χ2n) is 5.74. The smallest absolute Gasteiger partial charge is 0.107 e. The number of piperidine rings is 1. The highest BCUT2D eigenvalue weighted by Gasteiger charge is 2.32. The van der Waals surface area contributed by atoms with Crippen molar-refractivity contribution in [2.75, 3.05) is 13.1 Å². The van der Waals surface area contributed by atoms with Gasteiger partial charge in [0.05, 0.1) is 0 Å². The van der Waals surface area contributed by atoms with Gasteiger partial charge in [0, 0.05) is 12.5 Å². The molecular formula is C14H26FN. The van der Waals surface area contributed by atoms with Crippen LogP contribution in [-0.2, 0) is 0 Å². The maximum atomic E-state index is 14.4. The molecule has 2 fully saturated rings. The highest BCUT2D eigenvalue weighted by Crippen LogP contribution is 2.36. The van der Waals surface area contributed by atoms with Gasteiger partial charge in [0.25, 0.3) is 0 Å². The van der Waals surface area contributed by atoms with Gasteiger partial charge < -0.3 is 5.32 Å². The molecule has 1 saturated carbocycles. The molecule has 2 rings (SSSR count). The molecule has 1 N–H and O–H groups in total. The van der Waals surface area contributed by atoms with Crippen molar-refractivity contribution in [3.8, 4) is 0 Å². The van der Waals surface area contributed by atoms with Crippen molar-refractivity contribution >= 4 is 0 Å². The van der Waals surface area contributed by atoms with Crippen molar-refractivity contribution in [3.63, 3.8) is 0 Å². The van der Waals surface area contributed by atoms with Gasteiger partial charge in [-0.1, -0.05) is 26.2 Å². The second-order valence-corrected chi connectivity index (χ2v) is 5.74. The zero-order valence-electron chi connectivity index (χ0n) is 10.6. The van der Waals surface area contributed by atoms with E-state index < -0.39 is 6.17 Å². The molecule has 1 heterocycles. The standard InChI is InChI=1S/C14H26FN/c1-2-11-5-7-12(8-6-11)14(15)13-4-3-9-16-10-13/h11-14,16H,2-10H2,1H3. The summed E-state index contributed by atoms with van der Waals surface area (Å²) in [5, 5.41) is 3.33. The quantitative estimate of drug-likeness (QED) is 0.777. The maximum Gasteiger partial charge on any atom is 0.107 e. The molecule has 0 aromatic carbocycles. The minimum absolute atomic E-state index is 0.303. The Hall–Kier alpha value is -0.110. The third-order valence-corrected chi connectivity index (χ3v) is 4.70. The topological polar surface area (TPSA) is 12.0 Å². The van der Waals surface area contributed by atoms with Crippen molar-refractivity contribution in [1.82, 2.24) is 5.32 Å². The molecule has 2 aliphatic rings. The summed E-state index contributed by atoms with van der Waals surface area (Å²) in [5.41, 5.74) is 0. The first-order valence-electron chi connectivity index (χ1n) is 7.16. The molecule has 0 aromatic heterocycles. The van der Waals surface area contributed by atoms with Gasteiger partial charge in [0.2, 0.25) is 0 Å². The van der Waals surface area contributed by atoms with Crippen LogP contribution in [0.25, 0.3) is 0 Å². The van der Waals surface area contributed by atoms with E-state index in [0.29, 0.717) is 11.8 Å². The van der Waals surface area contributed by atoms with Crippen LogP contribution in [0.2, 0.25) is 0 Å². The fraction of sp³-hybridized carbons (Fsp3) is 1.00. The lowest BCUT2D eigenvalue weighted by Crippen LogP contribution is -2.39. The summed E-state index contributed by atoms with van der Waals surface area (Å²) >= 11 is 0. The summed E-state index contributed by atoms with van der Waals surface area (Å²) in [4.78, 5) is 0. The summed E-state index contributed by atoms with van der Waals surface area (Å²) in [6, 6.07) is 0. The largest absolute Gasteiger partial charge is 0.316 e. The van der Waals surface area contributed by atoms with E-state index in [1.165, 1.54) is 19.3 Å². The van der Waals surface area contributed by atoms with Crippen molar-refractivity contribution in [2.24, 2.45) is 17.8 Å². The lowest BCUT2D eigenvalue weighted by molar-refractivity contribution is 0.0896. The molecule has 2 atom stereocenters. The van der Waals surface area contributed by atoms with Crippen molar-refractivity contribution < 1.29 is 4.39 Å². The van der Waals surface area contributed by atoms with E-state index in [1.807, 2.05) is 0 Å². The number of nitrogens with one attached hydrogen (secondary N) is 1. The summed E-state index contributed by atoms with van der Waals surface area (Å²) in [6.45, 7) is 4.27. The molecule has 94 valence electrons. The Morgan fingerprint density at radius 1 is 1.12 bits per heavy atom. The molecule has 1 aliphatic carbocycles. The summed E-state index contributed by atoms with van der Waals surface area (Å²) in [5.74, 6) is 1.55. The number of hydrogen-bond donors (Lipinski definition) is 1. The minimum Gasteiger partial charge on any atom is -0.316 e. The molecule has 2 unspecified atom stereocenters. The van der Waals surface area contributed by atoms with Crippen LogP contribution >= 0.6 is 0 Å². The van der Waals surface area contributed by atoms with Crippen molar-refractivity contribution in [3.05, 3.63) is 0 Å². The van der Waals surface area contributed by atoms with E-state index in [2.05, 4.69) is 12.2 Å². The molecule has 0 aromatic rings. The minimum atomic E-state index is -0.536. The second kappa shape index (κ2) is 6.00. The van der Waals surface area contributed by atoms with Gasteiger partial charge in [-0.2, -0.15) is 0 Å². The first kappa shape index (κ1) is 12.3. The van der Waals surface area contributed by atoms with E-state index in [0.717, 1.165) is 44.7 Å². The average molecular weight is 227 g/mol. The molecule has 1 nitrogen and oxygen atoms in total. The average Bonchev–Trinajstić information content (AvgIpc) is 2.39. The Bertz CT molecular complexity index is 193. The first-order valence-corrected chi connectivity index (χ1v) is 7.16. The highest BCUT2D eigenvalue weighted by atomic mass is 19.1. The third-order valence-electron chi connectivity index (χ3n) is 4.70. The molecule has 0 radical (unpaired) electrons. The van der Waals surface area contributed by atoms with E-state index in [4.69, 9.17) is 0 Å². The van der Waals surface area contributed by atoms with Crippen LogP contribution in [0.3, 0.4) is 0 Å².